The summed E-state index contributed by atoms with van der Waals surface area (Å²) < 4.78 is 0.804. The zero-order valence-electron chi connectivity index (χ0n) is 12.3. The number of fused-ring (bicyclic) bond motifs is 1. The Kier molecular flexibility index (Phi) is 4.08. The minimum absolute atomic E-state index is 0.0846. The zero-order chi connectivity index (χ0) is 16.4. The second-order valence-electron chi connectivity index (χ2n) is 5.05. The predicted molar refractivity (Wildman–Crippen MR) is 90.3 cm³/mol. The van der Waals surface area contributed by atoms with Crippen LogP contribution in [0.15, 0.2) is 58.8 Å². The average molecular weight is 329 g/mol. The normalized spacial score (nSPS) is 13.9. The molecule has 0 atom stereocenters. The van der Waals surface area contributed by atoms with Gasteiger partial charge in [-0.15, -0.1) is 4.91 Å². The number of halogens is 1. The first-order chi connectivity index (χ1) is 11.1. The summed E-state index contributed by atoms with van der Waals surface area (Å²) in [5.74, 6) is 0.268. The van der Waals surface area contributed by atoms with Gasteiger partial charge in [0.1, 0.15) is 0 Å². The highest BCUT2D eigenvalue weighted by Gasteiger charge is 2.26. The van der Waals surface area contributed by atoms with Gasteiger partial charge in [0.2, 0.25) is 12.3 Å². The van der Waals surface area contributed by atoms with Gasteiger partial charge in [-0.2, -0.15) is 4.74 Å². The highest BCUT2D eigenvalue weighted by atomic mass is 35.5. The fourth-order valence-electron chi connectivity index (χ4n) is 2.43. The maximum absolute atomic E-state index is 12.7. The van der Waals surface area contributed by atoms with Crippen LogP contribution in [-0.2, 0) is 0 Å². The van der Waals surface area contributed by atoms with E-state index in [9.17, 15) is 10.1 Å². The van der Waals surface area contributed by atoms with E-state index in [0.29, 0.717) is 22.0 Å². The SMILES string of the molecule is CN(N=O)C1=Nc2ccc(Cl)cc2C(c2ccccc2)=[N+]([O-])C1. The van der Waals surface area contributed by atoms with E-state index < -0.39 is 0 Å². The largest absolute Gasteiger partial charge is 0.623 e. The Morgan fingerprint density at radius 3 is 2.70 bits per heavy atom. The van der Waals surface area contributed by atoms with Crippen LogP contribution in [0, 0.1) is 10.1 Å². The quantitative estimate of drug-likeness (QED) is 0.367. The number of hydrogen-bond acceptors (Lipinski definition) is 4. The Morgan fingerprint density at radius 1 is 1.26 bits per heavy atom. The van der Waals surface area contributed by atoms with Crippen LogP contribution in [0.2, 0.25) is 5.02 Å². The molecular formula is C16H13ClN4O2. The molecule has 0 unspecified atom stereocenters. The molecule has 0 aromatic heterocycles. The van der Waals surface area contributed by atoms with Crippen molar-refractivity contribution in [2.45, 2.75) is 0 Å². The van der Waals surface area contributed by atoms with Crippen molar-refractivity contribution < 1.29 is 4.74 Å². The first-order valence-corrected chi connectivity index (χ1v) is 7.29. The summed E-state index contributed by atoms with van der Waals surface area (Å²) in [5, 5.41) is 17.1. The average Bonchev–Trinajstić information content (AvgIpc) is 2.70. The molecule has 0 amide bonds. The summed E-state index contributed by atoms with van der Waals surface area (Å²) in [6, 6.07) is 14.4. The van der Waals surface area contributed by atoms with E-state index in [2.05, 4.69) is 10.3 Å². The molecule has 0 saturated carbocycles. The molecule has 1 heterocycles. The summed E-state index contributed by atoms with van der Waals surface area (Å²) in [6.07, 6.45) is 0. The van der Waals surface area contributed by atoms with Crippen LogP contribution >= 0.6 is 11.6 Å². The predicted octanol–water partition coefficient (Wildman–Crippen LogP) is 3.34. The van der Waals surface area contributed by atoms with Gasteiger partial charge in [-0.3, -0.25) is 0 Å². The Labute approximate surface area is 137 Å². The summed E-state index contributed by atoms with van der Waals surface area (Å²) in [5.41, 5.74) is 2.40. The second kappa shape index (κ2) is 6.18. The number of aliphatic imine (C=N–C) groups is 1. The van der Waals surface area contributed by atoms with Crippen molar-refractivity contribution in [1.29, 1.82) is 0 Å². The number of hydroxylamine groups is 1. The lowest BCUT2D eigenvalue weighted by atomic mass is 10.0. The lowest BCUT2D eigenvalue weighted by Crippen LogP contribution is -2.30. The molecule has 0 saturated heterocycles. The van der Waals surface area contributed by atoms with Crippen molar-refractivity contribution in [1.82, 2.24) is 5.01 Å². The third-order valence-corrected chi connectivity index (χ3v) is 3.78. The van der Waals surface area contributed by atoms with Gasteiger partial charge in [-0.05, 0) is 30.3 Å². The Balaban J connectivity index is 2.26. The molecular weight excluding hydrogens is 316 g/mol. The molecule has 7 heteroatoms. The number of rotatable bonds is 2. The molecule has 0 radical (unpaired) electrons. The number of amidine groups is 1. The van der Waals surface area contributed by atoms with E-state index in [4.69, 9.17) is 11.6 Å². The van der Waals surface area contributed by atoms with Crippen molar-refractivity contribution in [2.24, 2.45) is 10.3 Å². The minimum Gasteiger partial charge on any atom is -0.623 e. The van der Waals surface area contributed by atoms with Gasteiger partial charge >= 0.3 is 0 Å². The molecule has 0 spiro atoms. The first-order valence-electron chi connectivity index (χ1n) is 6.91. The summed E-state index contributed by atoms with van der Waals surface area (Å²) in [6.45, 7) is -0.0846. The van der Waals surface area contributed by atoms with E-state index in [1.807, 2.05) is 30.3 Å². The van der Waals surface area contributed by atoms with Crippen LogP contribution in [0.4, 0.5) is 5.69 Å². The van der Waals surface area contributed by atoms with E-state index in [0.717, 1.165) is 15.3 Å². The van der Waals surface area contributed by atoms with Crippen molar-refractivity contribution in [3.63, 3.8) is 0 Å². The number of nitroso groups, excluding NO2 is 1. The summed E-state index contributed by atoms with van der Waals surface area (Å²) in [7, 11) is 1.46. The number of hydrogen-bond donors (Lipinski definition) is 0. The van der Waals surface area contributed by atoms with Crippen LogP contribution in [0.25, 0.3) is 0 Å². The molecule has 0 aliphatic carbocycles. The molecule has 0 N–H and O–H groups in total. The van der Waals surface area contributed by atoms with Crippen LogP contribution in [-0.4, -0.2) is 34.9 Å². The highest BCUT2D eigenvalue weighted by molar-refractivity contribution is 6.31. The van der Waals surface area contributed by atoms with Crippen molar-refractivity contribution in [2.75, 3.05) is 13.6 Å². The zero-order valence-corrected chi connectivity index (χ0v) is 13.1. The van der Waals surface area contributed by atoms with E-state index >= 15 is 0 Å². The topological polar surface area (TPSA) is 71.1 Å². The van der Waals surface area contributed by atoms with Crippen LogP contribution in [0.5, 0.6) is 0 Å². The molecule has 0 fully saturated rings. The molecule has 3 rings (SSSR count). The Bertz CT molecular complexity index is 818. The molecule has 1 aliphatic rings. The molecule has 2 aromatic rings. The lowest BCUT2D eigenvalue weighted by Gasteiger charge is -2.12. The Morgan fingerprint density at radius 2 is 2.00 bits per heavy atom. The molecule has 116 valence electrons. The minimum atomic E-state index is -0.0846. The van der Waals surface area contributed by atoms with Crippen molar-refractivity contribution in [3.8, 4) is 0 Å². The maximum atomic E-state index is 12.7. The van der Waals surface area contributed by atoms with Crippen LogP contribution < -0.4 is 0 Å². The first kappa shape index (κ1) is 15.2. The third-order valence-electron chi connectivity index (χ3n) is 3.54. The second-order valence-corrected chi connectivity index (χ2v) is 5.48. The molecule has 0 bridgehead atoms. The standard InChI is InChI=1S/C16H13ClN4O2/c1-20(19-22)15-10-21(23)16(11-5-3-2-4-6-11)13-9-12(17)7-8-14(13)18-15/h2-9H,10H2,1H3. The summed E-state index contributed by atoms with van der Waals surface area (Å²) in [4.78, 5) is 15.2. The van der Waals surface area contributed by atoms with Gasteiger partial charge in [0.15, 0.2) is 5.84 Å². The monoisotopic (exact) mass is 328 g/mol. The van der Waals surface area contributed by atoms with E-state index in [-0.39, 0.29) is 12.4 Å². The fraction of sp³-hybridized carbons (Fsp3) is 0.125. The van der Waals surface area contributed by atoms with Gasteiger partial charge in [0.25, 0.3) is 0 Å². The molecule has 23 heavy (non-hydrogen) atoms. The van der Waals surface area contributed by atoms with Crippen molar-refractivity contribution in [3.05, 3.63) is 74.8 Å². The van der Waals surface area contributed by atoms with Crippen LogP contribution in [0.3, 0.4) is 0 Å². The number of likely N-dealkylation sites (N-methyl/N-ethyl adjacent to an activating group) is 1. The van der Waals surface area contributed by atoms with E-state index in [1.165, 1.54) is 7.05 Å². The van der Waals surface area contributed by atoms with Gasteiger partial charge in [0, 0.05) is 17.6 Å². The molecule has 6 nitrogen and oxygen atoms in total. The number of benzene rings is 2. The Hall–Kier alpha value is -2.73. The van der Waals surface area contributed by atoms with Crippen LogP contribution in [0.1, 0.15) is 11.1 Å². The summed E-state index contributed by atoms with van der Waals surface area (Å²) >= 11 is 6.10. The molecule has 2 aromatic carbocycles. The lowest BCUT2D eigenvalue weighted by molar-refractivity contribution is -0.440. The number of nitrogens with zero attached hydrogens (tertiary/aromatic N) is 4. The van der Waals surface area contributed by atoms with Gasteiger partial charge in [0.05, 0.1) is 16.5 Å². The molecule has 1 aliphatic heterocycles. The third kappa shape index (κ3) is 2.93. The van der Waals surface area contributed by atoms with Crippen molar-refractivity contribution >= 4 is 28.8 Å². The van der Waals surface area contributed by atoms with Gasteiger partial charge in [-0.1, -0.05) is 29.8 Å². The fourth-order valence-corrected chi connectivity index (χ4v) is 2.60. The van der Waals surface area contributed by atoms with Gasteiger partial charge in [-0.25, -0.2) is 10.0 Å². The maximum Gasteiger partial charge on any atom is 0.228 e. The smallest absolute Gasteiger partial charge is 0.228 e. The van der Waals surface area contributed by atoms with Gasteiger partial charge < -0.3 is 5.21 Å². The van der Waals surface area contributed by atoms with E-state index in [1.54, 1.807) is 18.2 Å². The highest BCUT2D eigenvalue weighted by Crippen LogP contribution is 2.28.